The number of imidazole rings is 1. The Morgan fingerprint density at radius 3 is 2.73 bits per heavy atom. The van der Waals surface area contributed by atoms with Crippen LogP contribution in [-0.2, 0) is 0 Å². The molecule has 2 aromatic heterocycles. The smallest absolute Gasteiger partial charge is 0.140 e. The molecule has 0 N–H and O–H groups in total. The van der Waals surface area contributed by atoms with E-state index in [0.717, 1.165) is 5.65 Å². The lowest BCUT2D eigenvalue weighted by molar-refractivity contribution is 1.20. The summed E-state index contributed by atoms with van der Waals surface area (Å²) in [5, 5.41) is 1.31. The Morgan fingerprint density at radius 2 is 1.87 bits per heavy atom. The second-order valence-electron chi connectivity index (χ2n) is 3.89. The number of aromatic nitrogens is 2. The molecule has 0 radical (unpaired) electrons. The third-order valence-corrected chi connectivity index (χ3v) is 3.11. The summed E-state index contributed by atoms with van der Waals surface area (Å²) in [6, 6.07) is 8.45. The van der Waals surface area contributed by atoms with Crippen molar-refractivity contribution >= 4 is 16.6 Å². The van der Waals surface area contributed by atoms with Gasteiger partial charge in [0.15, 0.2) is 0 Å². The first-order chi connectivity index (χ1) is 7.29. The molecule has 74 valence electrons. The Bertz CT molecular complexity index is 650. The quantitative estimate of drug-likeness (QED) is 0.540. The normalized spacial score (nSPS) is 11.3. The number of hydrogen-bond acceptors (Lipinski definition) is 1. The molecule has 0 spiro atoms. The second-order valence-corrected chi connectivity index (χ2v) is 3.89. The average molecular weight is 196 g/mol. The van der Waals surface area contributed by atoms with Gasteiger partial charge in [-0.25, -0.2) is 4.98 Å². The minimum absolute atomic E-state index is 1.06. The Labute approximate surface area is 88.2 Å². The largest absolute Gasteiger partial charge is 0.299 e. The highest BCUT2D eigenvalue weighted by Crippen LogP contribution is 2.24. The molecule has 0 aliphatic carbocycles. The maximum absolute atomic E-state index is 4.39. The molecule has 0 aliphatic rings. The third kappa shape index (κ3) is 1.02. The Kier molecular flexibility index (Phi) is 1.60. The number of nitrogens with zero attached hydrogens (tertiary/aromatic N) is 2. The molecule has 2 heterocycles. The lowest BCUT2D eigenvalue weighted by Crippen LogP contribution is -1.94. The maximum atomic E-state index is 4.39. The van der Waals surface area contributed by atoms with Gasteiger partial charge in [0.1, 0.15) is 5.65 Å². The van der Waals surface area contributed by atoms with E-state index in [1.54, 1.807) is 0 Å². The molecule has 2 nitrogen and oxygen atoms in total. The van der Waals surface area contributed by atoms with Gasteiger partial charge in [-0.2, -0.15) is 0 Å². The third-order valence-electron chi connectivity index (χ3n) is 3.11. The van der Waals surface area contributed by atoms with Crippen LogP contribution in [0, 0.1) is 13.8 Å². The predicted molar refractivity (Wildman–Crippen MR) is 62.2 cm³/mol. The van der Waals surface area contributed by atoms with Crippen LogP contribution in [0.4, 0.5) is 0 Å². The van der Waals surface area contributed by atoms with Gasteiger partial charge < -0.3 is 0 Å². The molecule has 0 unspecified atom stereocenters. The highest BCUT2D eigenvalue weighted by Gasteiger charge is 2.07. The monoisotopic (exact) mass is 196 g/mol. The topological polar surface area (TPSA) is 17.3 Å². The van der Waals surface area contributed by atoms with E-state index >= 15 is 0 Å². The Balaban J connectivity index is 2.70. The zero-order valence-corrected chi connectivity index (χ0v) is 8.86. The van der Waals surface area contributed by atoms with Crippen LogP contribution in [0.25, 0.3) is 16.6 Å². The van der Waals surface area contributed by atoms with E-state index in [4.69, 9.17) is 0 Å². The zero-order valence-electron chi connectivity index (χ0n) is 8.86. The van der Waals surface area contributed by atoms with Crippen LogP contribution in [-0.4, -0.2) is 9.38 Å². The Hall–Kier alpha value is -1.83. The second kappa shape index (κ2) is 2.83. The van der Waals surface area contributed by atoms with Crippen molar-refractivity contribution in [1.29, 1.82) is 0 Å². The fourth-order valence-electron chi connectivity index (χ4n) is 2.15. The van der Waals surface area contributed by atoms with Gasteiger partial charge in [0.2, 0.25) is 0 Å². The average Bonchev–Trinajstić information content (AvgIpc) is 2.75. The van der Waals surface area contributed by atoms with Gasteiger partial charge in [-0.15, -0.1) is 0 Å². The molecule has 15 heavy (non-hydrogen) atoms. The van der Waals surface area contributed by atoms with Crippen molar-refractivity contribution in [3.8, 4) is 0 Å². The molecule has 3 rings (SSSR count). The summed E-state index contributed by atoms with van der Waals surface area (Å²) in [6.45, 7) is 4.29. The number of hydrogen-bond donors (Lipinski definition) is 0. The van der Waals surface area contributed by atoms with Crippen molar-refractivity contribution in [3.63, 3.8) is 0 Å². The molecule has 2 heteroatoms. The molecule has 0 saturated carbocycles. The maximum Gasteiger partial charge on any atom is 0.140 e. The van der Waals surface area contributed by atoms with Crippen molar-refractivity contribution in [2.24, 2.45) is 0 Å². The number of aryl methyl sites for hydroxylation is 2. The van der Waals surface area contributed by atoms with Crippen LogP contribution in [0.15, 0.2) is 36.7 Å². The lowest BCUT2D eigenvalue weighted by Gasteiger charge is -2.09. The number of rotatable bonds is 0. The number of pyridine rings is 1. The highest BCUT2D eigenvalue weighted by atomic mass is 15.0. The van der Waals surface area contributed by atoms with Gasteiger partial charge >= 0.3 is 0 Å². The van der Waals surface area contributed by atoms with Gasteiger partial charge in [0, 0.05) is 17.8 Å². The summed E-state index contributed by atoms with van der Waals surface area (Å²) < 4.78 is 2.15. The molecule has 3 aromatic rings. The fourth-order valence-corrected chi connectivity index (χ4v) is 2.15. The van der Waals surface area contributed by atoms with E-state index in [0.29, 0.717) is 0 Å². The lowest BCUT2D eigenvalue weighted by atomic mass is 10.1. The summed E-state index contributed by atoms with van der Waals surface area (Å²) >= 11 is 0. The summed E-state index contributed by atoms with van der Waals surface area (Å²) in [4.78, 5) is 4.39. The molecule has 0 saturated heterocycles. The molecule has 1 aromatic carbocycles. The number of para-hydroxylation sites is 1. The summed E-state index contributed by atoms with van der Waals surface area (Å²) in [6.07, 6.45) is 3.87. The van der Waals surface area contributed by atoms with Crippen LogP contribution in [0.2, 0.25) is 0 Å². The van der Waals surface area contributed by atoms with Crippen molar-refractivity contribution in [1.82, 2.24) is 9.38 Å². The first-order valence-electron chi connectivity index (χ1n) is 5.10. The van der Waals surface area contributed by atoms with Crippen molar-refractivity contribution < 1.29 is 0 Å². The molecule has 0 bridgehead atoms. The molecule has 0 fully saturated rings. The van der Waals surface area contributed by atoms with Crippen LogP contribution in [0.3, 0.4) is 0 Å². The minimum atomic E-state index is 1.06. The van der Waals surface area contributed by atoms with Gasteiger partial charge in [-0.3, -0.25) is 4.40 Å². The van der Waals surface area contributed by atoms with E-state index in [1.807, 2.05) is 12.4 Å². The summed E-state index contributed by atoms with van der Waals surface area (Å²) in [5.74, 6) is 0. The van der Waals surface area contributed by atoms with Crippen LogP contribution in [0.1, 0.15) is 11.1 Å². The van der Waals surface area contributed by atoms with Gasteiger partial charge in [0.05, 0.1) is 5.52 Å². The molecule has 0 amide bonds. The van der Waals surface area contributed by atoms with Crippen LogP contribution in [0.5, 0.6) is 0 Å². The number of fused-ring (bicyclic) bond motifs is 3. The van der Waals surface area contributed by atoms with Gasteiger partial charge in [-0.05, 0) is 31.0 Å². The first-order valence-corrected chi connectivity index (χ1v) is 5.10. The van der Waals surface area contributed by atoms with Crippen LogP contribution >= 0.6 is 0 Å². The van der Waals surface area contributed by atoms with E-state index < -0.39 is 0 Å². The SMILES string of the molecule is Cc1c(C)c2nccn2c2ccccc12. The Morgan fingerprint density at radius 1 is 1.07 bits per heavy atom. The first kappa shape index (κ1) is 8.48. The predicted octanol–water partition coefficient (Wildman–Crippen LogP) is 3.10. The summed E-state index contributed by atoms with van der Waals surface area (Å²) in [7, 11) is 0. The molecule has 0 aliphatic heterocycles. The van der Waals surface area contributed by atoms with Gasteiger partial charge in [-0.1, -0.05) is 18.2 Å². The zero-order chi connectivity index (χ0) is 10.4. The van der Waals surface area contributed by atoms with E-state index in [-0.39, 0.29) is 0 Å². The van der Waals surface area contributed by atoms with Crippen molar-refractivity contribution in [2.45, 2.75) is 13.8 Å². The van der Waals surface area contributed by atoms with Crippen LogP contribution < -0.4 is 0 Å². The van der Waals surface area contributed by atoms with Crippen molar-refractivity contribution in [2.75, 3.05) is 0 Å². The van der Waals surface area contributed by atoms with E-state index in [2.05, 4.69) is 47.5 Å². The molecular weight excluding hydrogens is 184 g/mol. The number of benzene rings is 1. The summed E-state index contributed by atoms with van der Waals surface area (Å²) in [5.41, 5.74) is 4.88. The minimum Gasteiger partial charge on any atom is -0.299 e. The molecule has 0 atom stereocenters. The van der Waals surface area contributed by atoms with Gasteiger partial charge in [0.25, 0.3) is 0 Å². The highest BCUT2D eigenvalue weighted by molar-refractivity contribution is 5.87. The fraction of sp³-hybridized carbons (Fsp3) is 0.154. The van der Waals surface area contributed by atoms with E-state index in [1.165, 1.54) is 22.0 Å². The standard InChI is InChI=1S/C13H12N2/c1-9-10(2)13-14-7-8-15(13)12-6-4-3-5-11(9)12/h3-8H,1-2H3. The van der Waals surface area contributed by atoms with Crippen molar-refractivity contribution in [3.05, 3.63) is 47.8 Å². The van der Waals surface area contributed by atoms with E-state index in [9.17, 15) is 0 Å². The molecular formula is C13H12N2.